The Morgan fingerprint density at radius 2 is 2.00 bits per heavy atom. The maximum Gasteiger partial charge on any atom is 0.155 e. The highest BCUT2D eigenvalue weighted by atomic mass is 35.5. The number of aromatic nitrogens is 2. The van der Waals surface area contributed by atoms with E-state index in [-0.39, 0.29) is 0 Å². The Morgan fingerprint density at radius 3 is 2.67 bits per heavy atom. The smallest absolute Gasteiger partial charge is 0.155 e. The van der Waals surface area contributed by atoms with Gasteiger partial charge in [-0.3, -0.25) is 4.68 Å². The van der Waals surface area contributed by atoms with Crippen molar-refractivity contribution in [3.05, 3.63) is 47.2 Å². The summed E-state index contributed by atoms with van der Waals surface area (Å²) in [5.41, 5.74) is 8.55. The third kappa shape index (κ3) is 2.32. The van der Waals surface area contributed by atoms with Gasteiger partial charge in [0.15, 0.2) is 5.76 Å². The van der Waals surface area contributed by atoms with Crippen LogP contribution in [0.5, 0.6) is 0 Å². The van der Waals surface area contributed by atoms with Crippen molar-refractivity contribution in [2.75, 3.05) is 5.73 Å². The predicted octanol–water partition coefficient (Wildman–Crippen LogP) is 4.15. The number of halogens is 1. The molecule has 21 heavy (non-hydrogen) atoms. The molecule has 0 atom stereocenters. The van der Waals surface area contributed by atoms with E-state index in [4.69, 9.17) is 21.8 Å². The molecule has 0 saturated carbocycles. The molecule has 0 aliphatic carbocycles. The van der Waals surface area contributed by atoms with Gasteiger partial charge in [0.05, 0.1) is 5.56 Å². The Bertz CT molecular complexity index is 789. The van der Waals surface area contributed by atoms with E-state index in [1.165, 1.54) is 0 Å². The number of benzene rings is 1. The van der Waals surface area contributed by atoms with Crippen molar-refractivity contribution in [1.29, 1.82) is 0 Å². The minimum atomic E-state index is 0.563. The number of nitrogen functional groups attached to an aromatic ring is 1. The van der Waals surface area contributed by atoms with Crippen LogP contribution < -0.4 is 5.73 Å². The predicted molar refractivity (Wildman–Crippen MR) is 85.1 cm³/mol. The fourth-order valence-corrected chi connectivity index (χ4v) is 2.56. The monoisotopic (exact) mass is 301 g/mol. The summed E-state index contributed by atoms with van der Waals surface area (Å²) in [5, 5.41) is 5.12. The van der Waals surface area contributed by atoms with Gasteiger partial charge in [-0.1, -0.05) is 36.7 Å². The summed E-state index contributed by atoms with van der Waals surface area (Å²) in [5.74, 6) is 2.18. The molecular weight excluding hydrogens is 286 g/mol. The number of furan rings is 1. The Labute approximate surface area is 128 Å². The molecule has 0 fully saturated rings. The molecule has 5 heteroatoms. The minimum Gasteiger partial charge on any atom is -0.459 e. The highest BCUT2D eigenvalue weighted by Crippen LogP contribution is 2.39. The fraction of sp³-hybridized carbons (Fsp3) is 0.188. The SMILES string of the molecule is CCc1ccc(-c2nn(C)c(N)c2-c2ccccc2Cl)o1. The van der Waals surface area contributed by atoms with Crippen molar-refractivity contribution in [3.63, 3.8) is 0 Å². The minimum absolute atomic E-state index is 0.563. The molecule has 2 heterocycles. The first kappa shape index (κ1) is 13.8. The summed E-state index contributed by atoms with van der Waals surface area (Å²) in [4.78, 5) is 0. The lowest BCUT2D eigenvalue weighted by atomic mass is 10.0. The largest absolute Gasteiger partial charge is 0.459 e. The maximum absolute atomic E-state index is 6.31. The van der Waals surface area contributed by atoms with Gasteiger partial charge in [0.2, 0.25) is 0 Å². The van der Waals surface area contributed by atoms with E-state index in [0.29, 0.717) is 22.3 Å². The topological polar surface area (TPSA) is 57.0 Å². The molecule has 108 valence electrons. The van der Waals surface area contributed by atoms with Gasteiger partial charge >= 0.3 is 0 Å². The first-order valence-corrected chi connectivity index (χ1v) is 7.16. The number of rotatable bonds is 3. The van der Waals surface area contributed by atoms with E-state index in [0.717, 1.165) is 23.3 Å². The first-order valence-electron chi connectivity index (χ1n) is 6.78. The van der Waals surface area contributed by atoms with Crippen molar-refractivity contribution in [1.82, 2.24) is 9.78 Å². The Balaban J connectivity index is 2.23. The van der Waals surface area contributed by atoms with Crippen LogP contribution in [0, 0.1) is 0 Å². The second kappa shape index (κ2) is 5.30. The average molecular weight is 302 g/mol. The summed E-state index contributed by atoms with van der Waals surface area (Å²) in [6, 6.07) is 11.5. The van der Waals surface area contributed by atoms with Crippen LogP contribution in [0.3, 0.4) is 0 Å². The molecule has 2 N–H and O–H groups in total. The highest BCUT2D eigenvalue weighted by Gasteiger charge is 2.21. The van der Waals surface area contributed by atoms with E-state index in [1.54, 1.807) is 4.68 Å². The molecule has 3 aromatic rings. The van der Waals surface area contributed by atoms with Crippen molar-refractivity contribution in [2.24, 2.45) is 7.05 Å². The van der Waals surface area contributed by atoms with Crippen LogP contribution in [0.25, 0.3) is 22.6 Å². The van der Waals surface area contributed by atoms with Crippen molar-refractivity contribution < 1.29 is 4.42 Å². The number of anilines is 1. The van der Waals surface area contributed by atoms with Gasteiger partial charge in [-0.25, -0.2) is 0 Å². The first-order chi connectivity index (χ1) is 10.1. The normalized spacial score (nSPS) is 11.0. The van der Waals surface area contributed by atoms with Gasteiger partial charge in [-0.15, -0.1) is 0 Å². The van der Waals surface area contributed by atoms with Crippen LogP contribution in [0.15, 0.2) is 40.8 Å². The van der Waals surface area contributed by atoms with Gasteiger partial charge in [0, 0.05) is 24.1 Å². The number of aryl methyl sites for hydroxylation is 2. The van der Waals surface area contributed by atoms with Crippen LogP contribution >= 0.6 is 11.6 Å². The average Bonchev–Trinajstić information content (AvgIpc) is 3.06. The quantitative estimate of drug-likeness (QED) is 0.791. The summed E-state index contributed by atoms with van der Waals surface area (Å²) < 4.78 is 7.46. The van der Waals surface area contributed by atoms with E-state index >= 15 is 0 Å². The number of hydrogen-bond acceptors (Lipinski definition) is 3. The zero-order valence-corrected chi connectivity index (χ0v) is 12.7. The van der Waals surface area contributed by atoms with Crippen LogP contribution in [-0.4, -0.2) is 9.78 Å². The Kier molecular flexibility index (Phi) is 3.47. The highest BCUT2D eigenvalue weighted by molar-refractivity contribution is 6.33. The lowest BCUT2D eigenvalue weighted by molar-refractivity contribution is 0.526. The van der Waals surface area contributed by atoms with Crippen molar-refractivity contribution in [2.45, 2.75) is 13.3 Å². The molecule has 0 spiro atoms. The summed E-state index contributed by atoms with van der Waals surface area (Å²) in [6.07, 6.45) is 0.837. The van der Waals surface area contributed by atoms with E-state index in [1.807, 2.05) is 50.4 Å². The molecule has 0 amide bonds. The zero-order chi connectivity index (χ0) is 15.0. The third-order valence-corrected chi connectivity index (χ3v) is 3.81. The van der Waals surface area contributed by atoms with Crippen LogP contribution in [0.4, 0.5) is 5.82 Å². The molecule has 4 nitrogen and oxygen atoms in total. The van der Waals surface area contributed by atoms with Crippen LogP contribution in [0.1, 0.15) is 12.7 Å². The number of hydrogen-bond donors (Lipinski definition) is 1. The molecule has 0 radical (unpaired) electrons. The maximum atomic E-state index is 6.31. The third-order valence-electron chi connectivity index (χ3n) is 3.48. The molecule has 2 aromatic heterocycles. The van der Waals surface area contributed by atoms with Crippen LogP contribution in [0.2, 0.25) is 5.02 Å². The van der Waals surface area contributed by atoms with Gasteiger partial charge in [0.25, 0.3) is 0 Å². The lowest BCUT2D eigenvalue weighted by Gasteiger charge is -2.05. The molecule has 0 aliphatic rings. The standard InChI is InChI=1S/C16H16ClN3O/c1-3-10-8-9-13(21-10)15-14(16(18)20(2)19-15)11-6-4-5-7-12(11)17/h4-9H,3,18H2,1-2H3. The second-order valence-corrected chi connectivity index (χ2v) is 5.24. The summed E-state index contributed by atoms with van der Waals surface area (Å²) in [7, 11) is 1.81. The van der Waals surface area contributed by atoms with E-state index in [9.17, 15) is 0 Å². The van der Waals surface area contributed by atoms with Gasteiger partial charge in [-0.05, 0) is 18.2 Å². The second-order valence-electron chi connectivity index (χ2n) is 4.83. The summed E-state index contributed by atoms with van der Waals surface area (Å²) >= 11 is 6.31. The molecule has 0 bridgehead atoms. The Hall–Kier alpha value is -2.20. The fourth-order valence-electron chi connectivity index (χ4n) is 2.33. The van der Waals surface area contributed by atoms with Gasteiger partial charge < -0.3 is 10.2 Å². The molecule has 3 rings (SSSR count). The molecular formula is C16H16ClN3O. The van der Waals surface area contributed by atoms with E-state index < -0.39 is 0 Å². The number of nitrogens with zero attached hydrogens (tertiary/aromatic N) is 2. The van der Waals surface area contributed by atoms with Crippen molar-refractivity contribution >= 4 is 17.4 Å². The van der Waals surface area contributed by atoms with Gasteiger partial charge in [0.1, 0.15) is 17.3 Å². The molecule has 0 unspecified atom stereocenters. The van der Waals surface area contributed by atoms with E-state index in [2.05, 4.69) is 5.10 Å². The zero-order valence-electron chi connectivity index (χ0n) is 11.9. The molecule has 0 aliphatic heterocycles. The number of nitrogens with two attached hydrogens (primary N) is 1. The lowest BCUT2D eigenvalue weighted by Crippen LogP contribution is -1.98. The Morgan fingerprint density at radius 1 is 1.24 bits per heavy atom. The van der Waals surface area contributed by atoms with Crippen LogP contribution in [-0.2, 0) is 13.5 Å². The van der Waals surface area contributed by atoms with Crippen molar-refractivity contribution in [3.8, 4) is 22.6 Å². The molecule has 0 saturated heterocycles. The summed E-state index contributed by atoms with van der Waals surface area (Å²) in [6.45, 7) is 2.05. The van der Waals surface area contributed by atoms with Gasteiger partial charge in [-0.2, -0.15) is 5.10 Å². The molecule has 1 aromatic carbocycles.